The number of nitrogens with zero attached hydrogens (tertiary/aromatic N) is 3. The van der Waals surface area contributed by atoms with Gasteiger partial charge in [-0.1, -0.05) is 6.07 Å². The first-order valence-corrected chi connectivity index (χ1v) is 9.79. The van der Waals surface area contributed by atoms with E-state index in [0.29, 0.717) is 35.8 Å². The number of hydrogen-bond donors (Lipinski definition) is 0. The summed E-state index contributed by atoms with van der Waals surface area (Å²) < 4.78 is 10.6. The van der Waals surface area contributed by atoms with E-state index in [2.05, 4.69) is 4.98 Å². The molecular formula is C22H25N3O4. The van der Waals surface area contributed by atoms with Crippen molar-refractivity contribution in [3.05, 3.63) is 53.2 Å². The summed E-state index contributed by atoms with van der Waals surface area (Å²) in [7, 11) is 3.12. The highest BCUT2D eigenvalue weighted by atomic mass is 16.5. The lowest BCUT2D eigenvalue weighted by atomic mass is 10.0. The Morgan fingerprint density at radius 3 is 2.31 bits per heavy atom. The number of carbonyl (C=O) groups excluding carboxylic acids is 2. The molecule has 152 valence electrons. The normalized spacial score (nSPS) is 20.5. The van der Waals surface area contributed by atoms with Crippen molar-refractivity contribution in [1.82, 2.24) is 14.8 Å². The second-order valence-corrected chi connectivity index (χ2v) is 7.50. The van der Waals surface area contributed by atoms with Crippen LogP contribution in [0, 0.1) is 6.92 Å². The fourth-order valence-corrected chi connectivity index (χ4v) is 4.49. The molecule has 2 aromatic rings. The topological polar surface area (TPSA) is 72.0 Å². The van der Waals surface area contributed by atoms with Gasteiger partial charge >= 0.3 is 0 Å². The lowest BCUT2D eigenvalue weighted by Gasteiger charge is -2.41. The minimum Gasteiger partial charge on any atom is -0.496 e. The van der Waals surface area contributed by atoms with E-state index in [1.807, 2.05) is 34.9 Å². The number of rotatable bonds is 4. The highest BCUT2D eigenvalue weighted by Gasteiger charge is 2.44. The van der Waals surface area contributed by atoms with Gasteiger partial charge in [-0.25, -0.2) is 4.98 Å². The molecule has 2 amide bonds. The van der Waals surface area contributed by atoms with Crippen LogP contribution in [0.2, 0.25) is 0 Å². The standard InChI is InChI=1S/C22H25N3O4/c1-14-17(6-4-8-19(14)28-2)22(27)25-15-9-10-16(25)13-24(12-15)21(26)18-7-5-11-23-20(18)29-3/h4-8,11,15-16H,9-10,12-13H2,1-3H3/t15-,16+. The van der Waals surface area contributed by atoms with Crippen LogP contribution in [-0.4, -0.2) is 66.0 Å². The molecule has 4 rings (SSSR count). The van der Waals surface area contributed by atoms with Gasteiger partial charge in [0, 0.05) is 30.4 Å². The number of hydrogen-bond acceptors (Lipinski definition) is 5. The number of ether oxygens (including phenoxy) is 2. The second-order valence-electron chi connectivity index (χ2n) is 7.50. The van der Waals surface area contributed by atoms with Gasteiger partial charge in [0.2, 0.25) is 5.88 Å². The van der Waals surface area contributed by atoms with Crippen LogP contribution in [0.4, 0.5) is 0 Å². The van der Waals surface area contributed by atoms with E-state index in [4.69, 9.17) is 9.47 Å². The molecule has 2 fully saturated rings. The predicted molar refractivity (Wildman–Crippen MR) is 107 cm³/mol. The zero-order chi connectivity index (χ0) is 20.5. The van der Waals surface area contributed by atoms with Crippen LogP contribution < -0.4 is 9.47 Å². The van der Waals surface area contributed by atoms with E-state index in [9.17, 15) is 9.59 Å². The quantitative estimate of drug-likeness (QED) is 0.796. The summed E-state index contributed by atoms with van der Waals surface area (Å²) in [5, 5.41) is 0. The molecule has 1 aromatic carbocycles. The third-order valence-corrected chi connectivity index (χ3v) is 5.93. The minimum absolute atomic E-state index is 0.0125. The summed E-state index contributed by atoms with van der Waals surface area (Å²) in [4.78, 5) is 34.3. The summed E-state index contributed by atoms with van der Waals surface area (Å²) in [6.07, 6.45) is 3.40. The van der Waals surface area contributed by atoms with Crippen LogP contribution in [-0.2, 0) is 0 Å². The molecule has 2 aliphatic rings. The number of pyridine rings is 1. The van der Waals surface area contributed by atoms with E-state index < -0.39 is 0 Å². The van der Waals surface area contributed by atoms with Gasteiger partial charge in [0.15, 0.2) is 0 Å². The van der Waals surface area contributed by atoms with Crippen LogP contribution in [0.3, 0.4) is 0 Å². The molecule has 0 radical (unpaired) electrons. The highest BCUT2D eigenvalue weighted by molar-refractivity contribution is 5.98. The maximum absolute atomic E-state index is 13.3. The fraction of sp³-hybridized carbons (Fsp3) is 0.409. The van der Waals surface area contributed by atoms with Crippen LogP contribution in [0.15, 0.2) is 36.5 Å². The molecule has 0 unspecified atom stereocenters. The Balaban J connectivity index is 1.55. The van der Waals surface area contributed by atoms with Crippen LogP contribution >= 0.6 is 0 Å². The number of piperazine rings is 1. The molecule has 0 spiro atoms. The number of aromatic nitrogens is 1. The number of likely N-dealkylation sites (tertiary alicyclic amines) is 1. The second kappa shape index (κ2) is 7.73. The molecule has 3 heterocycles. The Morgan fingerprint density at radius 1 is 0.966 bits per heavy atom. The number of benzene rings is 1. The Kier molecular flexibility index (Phi) is 5.13. The van der Waals surface area contributed by atoms with E-state index >= 15 is 0 Å². The molecule has 1 aromatic heterocycles. The number of fused-ring (bicyclic) bond motifs is 2. The Hall–Kier alpha value is -3.09. The van der Waals surface area contributed by atoms with Gasteiger partial charge in [0.1, 0.15) is 11.3 Å². The molecular weight excluding hydrogens is 370 g/mol. The van der Waals surface area contributed by atoms with Crippen molar-refractivity contribution in [3.8, 4) is 11.6 Å². The summed E-state index contributed by atoms with van der Waals surface area (Å²) in [5.74, 6) is 0.951. The van der Waals surface area contributed by atoms with Crippen molar-refractivity contribution in [2.75, 3.05) is 27.3 Å². The summed E-state index contributed by atoms with van der Waals surface area (Å²) in [6, 6.07) is 9.03. The first-order valence-electron chi connectivity index (χ1n) is 9.79. The van der Waals surface area contributed by atoms with Crippen LogP contribution in [0.1, 0.15) is 39.1 Å². The van der Waals surface area contributed by atoms with Crippen molar-refractivity contribution in [2.45, 2.75) is 31.8 Å². The molecule has 7 heteroatoms. The number of carbonyl (C=O) groups is 2. The lowest BCUT2D eigenvalue weighted by molar-refractivity contribution is 0.0357. The van der Waals surface area contributed by atoms with Crippen molar-refractivity contribution in [2.24, 2.45) is 0 Å². The van der Waals surface area contributed by atoms with Crippen molar-refractivity contribution in [3.63, 3.8) is 0 Å². The largest absolute Gasteiger partial charge is 0.496 e. The molecule has 2 bridgehead atoms. The fourth-order valence-electron chi connectivity index (χ4n) is 4.49. The van der Waals surface area contributed by atoms with Gasteiger partial charge < -0.3 is 19.3 Å². The Morgan fingerprint density at radius 2 is 1.66 bits per heavy atom. The average Bonchev–Trinajstić information content (AvgIpc) is 3.02. The summed E-state index contributed by atoms with van der Waals surface area (Å²) in [6.45, 7) is 2.94. The van der Waals surface area contributed by atoms with Crippen LogP contribution in [0.5, 0.6) is 11.6 Å². The minimum atomic E-state index is -0.100. The van der Waals surface area contributed by atoms with Gasteiger partial charge in [0.05, 0.1) is 26.3 Å². The zero-order valence-electron chi connectivity index (χ0n) is 16.9. The average molecular weight is 395 g/mol. The molecule has 0 saturated carbocycles. The molecule has 0 N–H and O–H groups in total. The summed E-state index contributed by atoms with van der Waals surface area (Å²) >= 11 is 0. The van der Waals surface area contributed by atoms with E-state index in [1.54, 1.807) is 25.4 Å². The SMILES string of the molecule is COc1cccc(C(=O)N2[C@@H]3CC[C@H]2CN(C(=O)c2cccnc2OC)C3)c1C. The van der Waals surface area contributed by atoms with Gasteiger partial charge in [-0.2, -0.15) is 0 Å². The van der Waals surface area contributed by atoms with Crippen molar-refractivity contribution < 1.29 is 19.1 Å². The number of amides is 2. The lowest BCUT2D eigenvalue weighted by Crippen LogP contribution is -2.57. The smallest absolute Gasteiger partial charge is 0.259 e. The molecule has 2 saturated heterocycles. The Bertz CT molecular complexity index is 931. The Labute approximate surface area is 170 Å². The highest BCUT2D eigenvalue weighted by Crippen LogP contribution is 2.34. The molecule has 29 heavy (non-hydrogen) atoms. The monoisotopic (exact) mass is 395 g/mol. The van der Waals surface area contributed by atoms with Gasteiger partial charge in [-0.15, -0.1) is 0 Å². The van der Waals surface area contributed by atoms with Crippen LogP contribution in [0.25, 0.3) is 0 Å². The molecule has 7 nitrogen and oxygen atoms in total. The predicted octanol–water partition coefficient (Wildman–Crippen LogP) is 2.54. The molecule has 2 atom stereocenters. The first-order chi connectivity index (χ1) is 14.0. The van der Waals surface area contributed by atoms with Crippen molar-refractivity contribution in [1.29, 1.82) is 0 Å². The first kappa shape index (κ1) is 19.2. The third-order valence-electron chi connectivity index (χ3n) is 5.93. The summed E-state index contributed by atoms with van der Waals surface area (Å²) in [5.41, 5.74) is 1.96. The molecule has 2 aliphatic heterocycles. The van der Waals surface area contributed by atoms with Gasteiger partial charge in [-0.3, -0.25) is 9.59 Å². The van der Waals surface area contributed by atoms with E-state index in [1.165, 1.54) is 7.11 Å². The van der Waals surface area contributed by atoms with Gasteiger partial charge in [-0.05, 0) is 44.0 Å². The molecule has 0 aliphatic carbocycles. The van der Waals surface area contributed by atoms with Crippen molar-refractivity contribution >= 4 is 11.8 Å². The third kappa shape index (κ3) is 3.30. The van der Waals surface area contributed by atoms with E-state index in [-0.39, 0.29) is 23.9 Å². The maximum Gasteiger partial charge on any atom is 0.259 e. The van der Waals surface area contributed by atoms with Gasteiger partial charge in [0.25, 0.3) is 11.8 Å². The zero-order valence-corrected chi connectivity index (χ0v) is 16.9. The number of methoxy groups -OCH3 is 2. The maximum atomic E-state index is 13.3. The van der Waals surface area contributed by atoms with E-state index in [0.717, 1.165) is 18.4 Å².